The van der Waals surface area contributed by atoms with Crippen LogP contribution in [0.5, 0.6) is 0 Å². The van der Waals surface area contributed by atoms with Crippen LogP contribution in [0, 0.1) is 6.92 Å². The number of ether oxygens (including phenoxy) is 1. The fourth-order valence-corrected chi connectivity index (χ4v) is 3.26. The Balaban J connectivity index is 2.97. The molecule has 0 aliphatic carbocycles. The molecule has 0 fully saturated rings. The Morgan fingerprint density at radius 1 is 1.39 bits per heavy atom. The Morgan fingerprint density at radius 2 is 2.00 bits per heavy atom. The van der Waals surface area contributed by atoms with Crippen LogP contribution < -0.4 is 4.72 Å². The van der Waals surface area contributed by atoms with Crippen molar-refractivity contribution in [3.05, 3.63) is 28.2 Å². The first-order chi connectivity index (χ1) is 8.18. The highest BCUT2D eigenvalue weighted by atomic mass is 79.9. The molecule has 1 aromatic rings. The molecule has 1 aromatic carbocycles. The largest absolute Gasteiger partial charge is 0.377 e. The maximum Gasteiger partial charge on any atom is 0.240 e. The van der Waals surface area contributed by atoms with Gasteiger partial charge in [0.05, 0.1) is 10.5 Å². The smallest absolute Gasteiger partial charge is 0.240 e. The SMILES string of the molecule is COC(C)(C)CNS(=O)(=O)c1cc(Br)ccc1C. The maximum absolute atomic E-state index is 12.2. The molecule has 102 valence electrons. The van der Waals surface area contributed by atoms with Crippen molar-refractivity contribution in [2.45, 2.75) is 31.3 Å². The van der Waals surface area contributed by atoms with Gasteiger partial charge in [0.1, 0.15) is 0 Å². The highest BCUT2D eigenvalue weighted by Crippen LogP contribution is 2.20. The molecule has 18 heavy (non-hydrogen) atoms. The summed E-state index contributed by atoms with van der Waals surface area (Å²) in [5.41, 5.74) is 0.174. The summed E-state index contributed by atoms with van der Waals surface area (Å²) < 4.78 is 32.8. The number of methoxy groups -OCH3 is 1. The minimum Gasteiger partial charge on any atom is -0.377 e. The predicted octanol–water partition coefficient (Wildman–Crippen LogP) is 2.46. The van der Waals surface area contributed by atoms with E-state index in [0.29, 0.717) is 5.56 Å². The molecule has 1 N–H and O–H groups in total. The molecule has 0 unspecified atom stereocenters. The molecule has 6 heteroatoms. The Kier molecular flexibility index (Phi) is 4.94. The minimum atomic E-state index is -3.52. The molecule has 4 nitrogen and oxygen atoms in total. The standard InChI is InChI=1S/C12H18BrNO3S/c1-9-5-6-10(13)7-11(9)18(15,16)14-8-12(2,3)17-4/h5-7,14H,8H2,1-4H3. The van der Waals surface area contributed by atoms with E-state index in [1.807, 2.05) is 19.9 Å². The van der Waals surface area contributed by atoms with Gasteiger partial charge in [0.2, 0.25) is 10.0 Å². The number of aryl methyl sites for hydroxylation is 1. The van der Waals surface area contributed by atoms with E-state index < -0.39 is 15.6 Å². The van der Waals surface area contributed by atoms with Gasteiger partial charge in [0, 0.05) is 18.1 Å². The summed E-state index contributed by atoms with van der Waals surface area (Å²) in [5.74, 6) is 0. The van der Waals surface area contributed by atoms with Crippen LogP contribution in [0.2, 0.25) is 0 Å². The second-order valence-corrected chi connectivity index (χ2v) is 7.35. The second-order valence-electron chi connectivity index (χ2n) is 4.70. The molecule has 0 bridgehead atoms. The van der Waals surface area contributed by atoms with Crippen molar-refractivity contribution in [3.8, 4) is 0 Å². The molecular formula is C12H18BrNO3S. The van der Waals surface area contributed by atoms with Gasteiger partial charge in [-0.3, -0.25) is 0 Å². The minimum absolute atomic E-state index is 0.220. The molecular weight excluding hydrogens is 318 g/mol. The van der Waals surface area contributed by atoms with E-state index in [1.54, 1.807) is 26.2 Å². The van der Waals surface area contributed by atoms with Crippen molar-refractivity contribution in [3.63, 3.8) is 0 Å². The van der Waals surface area contributed by atoms with Crippen LogP contribution in [-0.4, -0.2) is 27.7 Å². The lowest BCUT2D eigenvalue weighted by Gasteiger charge is -2.23. The number of rotatable bonds is 5. The monoisotopic (exact) mass is 335 g/mol. The summed E-state index contributed by atoms with van der Waals surface area (Å²) in [6.45, 7) is 5.63. The Hall–Kier alpha value is -0.430. The molecule has 0 saturated carbocycles. The maximum atomic E-state index is 12.2. The summed E-state index contributed by atoms with van der Waals surface area (Å²) >= 11 is 3.28. The summed E-state index contributed by atoms with van der Waals surface area (Å²) in [5, 5.41) is 0. The van der Waals surface area contributed by atoms with Crippen LogP contribution in [0.1, 0.15) is 19.4 Å². The molecule has 1 rings (SSSR count). The third kappa shape index (κ3) is 4.05. The normalized spacial score (nSPS) is 12.7. The van der Waals surface area contributed by atoms with Crippen molar-refractivity contribution in [2.24, 2.45) is 0 Å². The second kappa shape index (κ2) is 5.69. The first kappa shape index (κ1) is 15.6. The van der Waals surface area contributed by atoms with E-state index in [-0.39, 0.29) is 11.4 Å². The zero-order chi connectivity index (χ0) is 14.0. The van der Waals surface area contributed by atoms with Crippen molar-refractivity contribution in [2.75, 3.05) is 13.7 Å². The van der Waals surface area contributed by atoms with E-state index in [9.17, 15) is 8.42 Å². The predicted molar refractivity (Wildman–Crippen MR) is 75.2 cm³/mol. The quantitative estimate of drug-likeness (QED) is 0.899. The van der Waals surface area contributed by atoms with E-state index in [4.69, 9.17) is 4.74 Å². The summed E-state index contributed by atoms with van der Waals surface area (Å²) in [6, 6.07) is 5.17. The van der Waals surface area contributed by atoms with E-state index in [2.05, 4.69) is 20.7 Å². The van der Waals surface area contributed by atoms with Gasteiger partial charge in [-0.15, -0.1) is 0 Å². The molecule has 0 aromatic heterocycles. The van der Waals surface area contributed by atoms with Gasteiger partial charge >= 0.3 is 0 Å². The summed E-state index contributed by atoms with van der Waals surface area (Å²) in [4.78, 5) is 0.281. The average molecular weight is 336 g/mol. The fraction of sp³-hybridized carbons (Fsp3) is 0.500. The van der Waals surface area contributed by atoms with Crippen LogP contribution in [-0.2, 0) is 14.8 Å². The van der Waals surface area contributed by atoms with E-state index in [1.165, 1.54) is 0 Å². The Bertz CT molecular complexity index is 526. The lowest BCUT2D eigenvalue weighted by atomic mass is 10.1. The van der Waals surface area contributed by atoms with Crippen LogP contribution in [0.4, 0.5) is 0 Å². The number of sulfonamides is 1. The van der Waals surface area contributed by atoms with Crippen molar-refractivity contribution < 1.29 is 13.2 Å². The van der Waals surface area contributed by atoms with Crippen LogP contribution in [0.3, 0.4) is 0 Å². The zero-order valence-electron chi connectivity index (χ0n) is 11.0. The molecule has 0 amide bonds. The molecule has 0 aliphatic heterocycles. The molecule has 0 radical (unpaired) electrons. The third-order valence-electron chi connectivity index (χ3n) is 2.68. The number of nitrogens with one attached hydrogen (secondary N) is 1. The molecule has 0 saturated heterocycles. The van der Waals surface area contributed by atoms with Crippen LogP contribution in [0.25, 0.3) is 0 Å². The van der Waals surface area contributed by atoms with Gasteiger partial charge in [-0.25, -0.2) is 13.1 Å². The van der Waals surface area contributed by atoms with E-state index >= 15 is 0 Å². The Morgan fingerprint density at radius 3 is 2.56 bits per heavy atom. The number of halogens is 1. The molecule has 0 aliphatic rings. The van der Waals surface area contributed by atoms with Crippen LogP contribution in [0.15, 0.2) is 27.6 Å². The third-order valence-corrected chi connectivity index (χ3v) is 4.72. The number of hydrogen-bond acceptors (Lipinski definition) is 3. The number of benzene rings is 1. The van der Waals surface area contributed by atoms with Gasteiger partial charge in [-0.05, 0) is 38.5 Å². The van der Waals surface area contributed by atoms with Crippen LogP contribution >= 0.6 is 15.9 Å². The van der Waals surface area contributed by atoms with Gasteiger partial charge in [-0.1, -0.05) is 22.0 Å². The van der Waals surface area contributed by atoms with Gasteiger partial charge in [-0.2, -0.15) is 0 Å². The average Bonchev–Trinajstić information content (AvgIpc) is 2.30. The first-order valence-corrected chi connectivity index (χ1v) is 7.76. The Labute approximate surface area is 117 Å². The highest BCUT2D eigenvalue weighted by molar-refractivity contribution is 9.10. The zero-order valence-corrected chi connectivity index (χ0v) is 13.4. The van der Waals surface area contributed by atoms with Gasteiger partial charge < -0.3 is 4.74 Å². The summed E-state index contributed by atoms with van der Waals surface area (Å²) in [7, 11) is -1.96. The van der Waals surface area contributed by atoms with Crippen molar-refractivity contribution in [1.29, 1.82) is 0 Å². The first-order valence-electron chi connectivity index (χ1n) is 5.49. The van der Waals surface area contributed by atoms with Crippen molar-refractivity contribution >= 4 is 26.0 Å². The highest BCUT2D eigenvalue weighted by Gasteiger charge is 2.22. The van der Waals surface area contributed by atoms with E-state index in [0.717, 1.165) is 4.47 Å². The molecule has 0 heterocycles. The molecule has 0 spiro atoms. The lowest BCUT2D eigenvalue weighted by Crippen LogP contribution is -2.39. The van der Waals surface area contributed by atoms with Gasteiger partial charge in [0.15, 0.2) is 0 Å². The summed E-state index contributed by atoms with van der Waals surface area (Å²) in [6.07, 6.45) is 0. The molecule has 0 atom stereocenters. The number of hydrogen-bond donors (Lipinski definition) is 1. The topological polar surface area (TPSA) is 55.4 Å². The fourth-order valence-electron chi connectivity index (χ4n) is 1.28. The van der Waals surface area contributed by atoms with Gasteiger partial charge in [0.25, 0.3) is 0 Å². The lowest BCUT2D eigenvalue weighted by molar-refractivity contribution is 0.0276. The van der Waals surface area contributed by atoms with Crippen molar-refractivity contribution in [1.82, 2.24) is 4.72 Å².